The second-order valence-corrected chi connectivity index (χ2v) is 11.3. The zero-order valence-electron chi connectivity index (χ0n) is 11.1. The van der Waals surface area contributed by atoms with Gasteiger partial charge >= 0.3 is 0 Å². The van der Waals surface area contributed by atoms with Gasteiger partial charge < -0.3 is 4.43 Å². The van der Waals surface area contributed by atoms with Crippen molar-refractivity contribution in [1.82, 2.24) is 0 Å². The van der Waals surface area contributed by atoms with Crippen molar-refractivity contribution in [3.8, 4) is 0 Å². The van der Waals surface area contributed by atoms with Crippen molar-refractivity contribution in [2.75, 3.05) is 0 Å². The highest BCUT2D eigenvalue weighted by Crippen LogP contribution is 2.39. The van der Waals surface area contributed by atoms with E-state index in [9.17, 15) is 0 Å². The number of hydrogen-bond acceptors (Lipinski definition) is 1. The van der Waals surface area contributed by atoms with Crippen molar-refractivity contribution < 1.29 is 4.43 Å². The molecule has 2 heteroatoms. The Morgan fingerprint density at radius 3 is 1.93 bits per heavy atom. The lowest BCUT2D eigenvalue weighted by atomic mass is 9.89. The van der Waals surface area contributed by atoms with Gasteiger partial charge in [0.1, 0.15) is 0 Å². The molecule has 0 saturated heterocycles. The first-order valence-electron chi connectivity index (χ1n) is 6.23. The minimum absolute atomic E-state index is 0.342. The van der Waals surface area contributed by atoms with Crippen LogP contribution in [0.2, 0.25) is 18.1 Å². The van der Waals surface area contributed by atoms with E-state index in [1.54, 1.807) is 0 Å². The van der Waals surface area contributed by atoms with Crippen LogP contribution in [-0.2, 0) is 4.43 Å². The molecule has 89 valence electrons. The van der Waals surface area contributed by atoms with Crippen molar-refractivity contribution in [1.29, 1.82) is 0 Å². The topological polar surface area (TPSA) is 9.23 Å². The first kappa shape index (κ1) is 13.2. The fraction of sp³-hybridized carbons (Fsp3) is 0.923. The zero-order chi connectivity index (χ0) is 11.7. The van der Waals surface area contributed by atoms with Gasteiger partial charge in [0.05, 0.1) is 0 Å². The lowest BCUT2D eigenvalue weighted by Gasteiger charge is -2.41. The average Bonchev–Trinajstić information content (AvgIpc) is 2.06. The van der Waals surface area contributed by atoms with Crippen LogP contribution in [0.1, 0.15) is 46.5 Å². The summed E-state index contributed by atoms with van der Waals surface area (Å²) in [7, 11) is -1.53. The maximum atomic E-state index is 6.40. The van der Waals surface area contributed by atoms with Crippen LogP contribution in [0.3, 0.4) is 0 Å². The molecule has 0 unspecified atom stereocenters. The maximum Gasteiger partial charge on any atom is 0.192 e. The molecule has 1 radical (unpaired) electrons. The molecule has 1 aliphatic rings. The van der Waals surface area contributed by atoms with Crippen molar-refractivity contribution in [3.63, 3.8) is 0 Å². The maximum absolute atomic E-state index is 6.40. The van der Waals surface area contributed by atoms with Gasteiger partial charge in [-0.2, -0.15) is 0 Å². The Balaban J connectivity index is 2.48. The summed E-state index contributed by atoms with van der Waals surface area (Å²) in [5.41, 5.74) is 0. The van der Waals surface area contributed by atoms with Crippen molar-refractivity contribution in [2.24, 2.45) is 5.92 Å². The highest BCUT2D eigenvalue weighted by Gasteiger charge is 2.39. The summed E-state index contributed by atoms with van der Waals surface area (Å²) in [6, 6.07) is 0. The van der Waals surface area contributed by atoms with Gasteiger partial charge in [-0.25, -0.2) is 0 Å². The zero-order valence-corrected chi connectivity index (χ0v) is 12.1. The van der Waals surface area contributed by atoms with Crippen LogP contribution < -0.4 is 0 Å². The van der Waals surface area contributed by atoms with Crippen molar-refractivity contribution in [3.05, 3.63) is 6.92 Å². The second-order valence-electron chi connectivity index (χ2n) is 6.52. The van der Waals surface area contributed by atoms with Crippen molar-refractivity contribution in [2.45, 2.75) is 70.7 Å². The molecular formula is C13H27OSi. The number of rotatable bonds is 2. The monoisotopic (exact) mass is 227 g/mol. The summed E-state index contributed by atoms with van der Waals surface area (Å²) in [5, 5.41) is 0.342. The van der Waals surface area contributed by atoms with E-state index in [2.05, 4.69) is 40.8 Å². The van der Waals surface area contributed by atoms with E-state index in [1.807, 2.05) is 0 Å². The molecule has 0 bridgehead atoms. The van der Waals surface area contributed by atoms with Crippen LogP contribution >= 0.6 is 0 Å². The van der Waals surface area contributed by atoms with E-state index in [1.165, 1.54) is 25.7 Å². The first-order chi connectivity index (χ1) is 6.72. The Hall–Kier alpha value is 0.177. The summed E-state index contributed by atoms with van der Waals surface area (Å²) in [6.45, 7) is 15.8. The Morgan fingerprint density at radius 1 is 1.07 bits per heavy atom. The van der Waals surface area contributed by atoms with E-state index in [4.69, 9.17) is 4.43 Å². The first-order valence-corrected chi connectivity index (χ1v) is 9.14. The minimum Gasteiger partial charge on any atom is -0.414 e. The lowest BCUT2D eigenvalue weighted by molar-refractivity contribution is 0.125. The predicted octanol–water partition coefficient (Wildman–Crippen LogP) is 4.40. The predicted molar refractivity (Wildman–Crippen MR) is 69.4 cm³/mol. The van der Waals surface area contributed by atoms with Gasteiger partial charge in [0.25, 0.3) is 0 Å². The van der Waals surface area contributed by atoms with Gasteiger partial charge in [-0.15, -0.1) is 0 Å². The van der Waals surface area contributed by atoms with Crippen LogP contribution in [0, 0.1) is 12.8 Å². The van der Waals surface area contributed by atoms with E-state index in [0.29, 0.717) is 17.1 Å². The Labute approximate surface area is 96.7 Å². The quantitative estimate of drug-likeness (QED) is 0.635. The van der Waals surface area contributed by atoms with E-state index in [-0.39, 0.29) is 0 Å². The molecule has 0 aromatic carbocycles. The molecule has 0 N–H and O–H groups in total. The summed E-state index contributed by atoms with van der Waals surface area (Å²) in [4.78, 5) is 0. The highest BCUT2D eigenvalue weighted by atomic mass is 28.4. The van der Waals surface area contributed by atoms with Gasteiger partial charge in [0.15, 0.2) is 8.32 Å². The van der Waals surface area contributed by atoms with Gasteiger partial charge in [0, 0.05) is 6.10 Å². The molecule has 1 aliphatic carbocycles. The molecule has 0 aromatic heterocycles. The van der Waals surface area contributed by atoms with E-state index < -0.39 is 8.32 Å². The Morgan fingerprint density at radius 2 is 1.53 bits per heavy atom. The van der Waals surface area contributed by atoms with E-state index in [0.717, 1.165) is 0 Å². The molecule has 1 rings (SSSR count). The molecule has 0 amide bonds. The van der Waals surface area contributed by atoms with Gasteiger partial charge in [-0.1, -0.05) is 27.7 Å². The van der Waals surface area contributed by atoms with E-state index >= 15 is 0 Å². The summed E-state index contributed by atoms with van der Waals surface area (Å²) in [6.07, 6.45) is 5.46. The summed E-state index contributed by atoms with van der Waals surface area (Å²) >= 11 is 0. The SMILES string of the molecule is [CH2]C1CCC(O[Si](C)(C)C(C)(C)C)CC1. The van der Waals surface area contributed by atoms with Gasteiger partial charge in [0.2, 0.25) is 0 Å². The van der Waals surface area contributed by atoms with Crippen LogP contribution in [0.4, 0.5) is 0 Å². The molecule has 0 heterocycles. The van der Waals surface area contributed by atoms with Crippen LogP contribution in [0.5, 0.6) is 0 Å². The molecule has 0 aromatic rings. The number of hydrogen-bond donors (Lipinski definition) is 0. The normalized spacial score (nSPS) is 29.2. The smallest absolute Gasteiger partial charge is 0.192 e. The van der Waals surface area contributed by atoms with Crippen molar-refractivity contribution >= 4 is 8.32 Å². The molecule has 0 aliphatic heterocycles. The molecule has 1 nitrogen and oxygen atoms in total. The molecule has 0 spiro atoms. The third-order valence-electron chi connectivity index (χ3n) is 4.06. The lowest BCUT2D eigenvalue weighted by Crippen LogP contribution is -2.44. The molecule has 1 saturated carbocycles. The summed E-state index contributed by atoms with van der Waals surface area (Å²) in [5.74, 6) is 0.671. The molecular weight excluding hydrogens is 200 g/mol. The Kier molecular flexibility index (Phi) is 4.05. The standard InChI is InChI=1S/C13H27OSi/c1-11-7-9-12(10-8-11)14-15(5,6)13(2,3)4/h11-12H,1,7-10H2,2-6H3. The summed E-state index contributed by atoms with van der Waals surface area (Å²) < 4.78 is 6.40. The average molecular weight is 227 g/mol. The van der Waals surface area contributed by atoms with Gasteiger partial charge in [-0.05, 0) is 49.7 Å². The van der Waals surface area contributed by atoms with Gasteiger partial charge in [-0.3, -0.25) is 0 Å². The van der Waals surface area contributed by atoms with Crippen LogP contribution in [-0.4, -0.2) is 14.4 Å². The molecule has 0 atom stereocenters. The Bertz CT molecular complexity index is 197. The third-order valence-corrected chi connectivity index (χ3v) is 8.60. The fourth-order valence-electron chi connectivity index (χ4n) is 1.84. The highest BCUT2D eigenvalue weighted by molar-refractivity contribution is 6.74. The molecule has 1 fully saturated rings. The third kappa shape index (κ3) is 3.60. The second kappa shape index (κ2) is 4.58. The fourth-order valence-corrected chi connectivity index (χ4v) is 3.27. The van der Waals surface area contributed by atoms with Crippen LogP contribution in [0.25, 0.3) is 0 Å². The van der Waals surface area contributed by atoms with Crippen LogP contribution in [0.15, 0.2) is 0 Å². The minimum atomic E-state index is -1.53. The molecule has 15 heavy (non-hydrogen) atoms. The largest absolute Gasteiger partial charge is 0.414 e.